The van der Waals surface area contributed by atoms with Crippen molar-refractivity contribution in [2.45, 2.75) is 11.8 Å². The highest BCUT2D eigenvalue weighted by Crippen LogP contribution is 2.27. The Balaban J connectivity index is 2.63. The number of thiophene rings is 1. The van der Waals surface area contributed by atoms with Crippen molar-refractivity contribution in [2.75, 3.05) is 12.9 Å². The third-order valence-electron chi connectivity index (χ3n) is 1.52. The van der Waals surface area contributed by atoms with Crippen LogP contribution in [-0.2, 0) is 9.53 Å². The van der Waals surface area contributed by atoms with Gasteiger partial charge in [-0.15, -0.1) is 23.1 Å². The van der Waals surface area contributed by atoms with Crippen LogP contribution in [0.15, 0.2) is 16.3 Å². The molecule has 0 atom stereocenters. The van der Waals surface area contributed by atoms with Crippen molar-refractivity contribution in [2.24, 2.45) is 0 Å². The fourth-order valence-corrected chi connectivity index (χ4v) is 2.79. The Bertz CT molecular complexity index is 344. The molecule has 1 aromatic rings. The van der Waals surface area contributed by atoms with Crippen molar-refractivity contribution in [1.82, 2.24) is 0 Å². The number of Topliss-reactive ketones (excluding diaryl/α,β-unsaturated/α-hetero) is 1. The molecule has 1 aromatic heterocycles. The molecular formula is C9H10O3S2. The zero-order valence-electron chi connectivity index (χ0n) is 7.90. The number of esters is 1. The van der Waals surface area contributed by atoms with Gasteiger partial charge in [-0.25, -0.2) is 0 Å². The van der Waals surface area contributed by atoms with Gasteiger partial charge in [-0.2, -0.15) is 0 Å². The van der Waals surface area contributed by atoms with Crippen LogP contribution in [0, 0.1) is 0 Å². The van der Waals surface area contributed by atoms with E-state index in [-0.39, 0.29) is 17.5 Å². The molecule has 76 valence electrons. The smallest absolute Gasteiger partial charge is 0.315 e. The van der Waals surface area contributed by atoms with E-state index in [2.05, 4.69) is 4.74 Å². The Morgan fingerprint density at radius 2 is 2.29 bits per heavy atom. The van der Waals surface area contributed by atoms with Gasteiger partial charge >= 0.3 is 5.97 Å². The van der Waals surface area contributed by atoms with E-state index in [0.717, 1.165) is 4.90 Å². The number of thioether (sulfide) groups is 1. The van der Waals surface area contributed by atoms with Crippen LogP contribution in [0.1, 0.15) is 16.6 Å². The average molecular weight is 230 g/mol. The van der Waals surface area contributed by atoms with Crippen LogP contribution in [0.25, 0.3) is 0 Å². The molecule has 0 N–H and O–H groups in total. The van der Waals surface area contributed by atoms with Gasteiger partial charge in [-0.05, 0) is 18.4 Å². The molecule has 5 heteroatoms. The summed E-state index contributed by atoms with van der Waals surface area (Å²) in [5, 5.41) is 1.84. The first kappa shape index (κ1) is 11.3. The Hall–Kier alpha value is -0.810. The summed E-state index contributed by atoms with van der Waals surface area (Å²) in [6, 6.07) is 1.84. The summed E-state index contributed by atoms with van der Waals surface area (Å²) in [4.78, 5) is 23.5. The van der Waals surface area contributed by atoms with Crippen LogP contribution in [-0.4, -0.2) is 24.6 Å². The van der Waals surface area contributed by atoms with Crippen LogP contribution in [0.2, 0.25) is 0 Å². The van der Waals surface area contributed by atoms with E-state index >= 15 is 0 Å². The minimum Gasteiger partial charge on any atom is -0.468 e. The number of hydrogen-bond acceptors (Lipinski definition) is 5. The summed E-state index contributed by atoms with van der Waals surface area (Å²) < 4.78 is 4.51. The zero-order valence-corrected chi connectivity index (χ0v) is 9.54. The van der Waals surface area contributed by atoms with Crippen LogP contribution in [0.3, 0.4) is 0 Å². The number of ether oxygens (including phenoxy) is 1. The van der Waals surface area contributed by atoms with Crippen molar-refractivity contribution in [3.05, 3.63) is 16.3 Å². The number of hydrogen-bond donors (Lipinski definition) is 0. The fraction of sp³-hybridized carbons (Fsp3) is 0.333. The molecule has 1 heterocycles. The second kappa shape index (κ2) is 5.17. The molecule has 1 rings (SSSR count). The van der Waals surface area contributed by atoms with E-state index in [1.165, 1.54) is 37.1 Å². The van der Waals surface area contributed by atoms with E-state index < -0.39 is 0 Å². The molecule has 0 aliphatic heterocycles. The molecule has 0 fully saturated rings. The second-order valence-corrected chi connectivity index (χ2v) is 4.47. The molecule has 0 saturated carbocycles. The first-order valence-corrected chi connectivity index (χ1v) is 5.79. The molecule has 0 aliphatic carbocycles. The summed E-state index contributed by atoms with van der Waals surface area (Å²) in [7, 11) is 1.35. The number of carbonyl (C=O) groups is 2. The quantitative estimate of drug-likeness (QED) is 0.452. The minimum absolute atomic E-state index is 0.0346. The molecule has 0 bridgehead atoms. The number of ketones is 1. The summed E-state index contributed by atoms with van der Waals surface area (Å²) in [6.07, 6.45) is 0. The van der Waals surface area contributed by atoms with Crippen molar-refractivity contribution >= 4 is 34.9 Å². The topological polar surface area (TPSA) is 43.4 Å². The molecule has 0 aliphatic rings. The molecule has 0 unspecified atom stereocenters. The van der Waals surface area contributed by atoms with Crippen LogP contribution in [0.5, 0.6) is 0 Å². The highest BCUT2D eigenvalue weighted by atomic mass is 32.2. The summed E-state index contributed by atoms with van der Waals surface area (Å²) in [5.74, 6) is -0.00359. The summed E-state index contributed by atoms with van der Waals surface area (Å²) in [5.41, 5.74) is 0. The lowest BCUT2D eigenvalue weighted by molar-refractivity contribution is -0.137. The maximum atomic E-state index is 11.1. The molecule has 0 spiro atoms. The molecule has 0 amide bonds. The average Bonchev–Trinajstić information content (AvgIpc) is 2.62. The summed E-state index contributed by atoms with van der Waals surface area (Å²) in [6.45, 7) is 1.52. The van der Waals surface area contributed by atoms with Crippen LogP contribution >= 0.6 is 23.1 Å². The molecule has 0 saturated heterocycles. The van der Waals surface area contributed by atoms with Gasteiger partial charge in [0.1, 0.15) is 0 Å². The Morgan fingerprint density at radius 1 is 1.57 bits per heavy atom. The normalized spacial score (nSPS) is 9.86. The molecule has 3 nitrogen and oxygen atoms in total. The Morgan fingerprint density at radius 3 is 2.86 bits per heavy atom. The van der Waals surface area contributed by atoms with E-state index in [1.807, 2.05) is 11.4 Å². The van der Waals surface area contributed by atoms with Crippen molar-refractivity contribution in [3.63, 3.8) is 0 Å². The Kier molecular flexibility index (Phi) is 4.16. The second-order valence-electron chi connectivity index (χ2n) is 2.53. The SMILES string of the molecule is COC(=O)CSc1ccsc1C(C)=O. The van der Waals surface area contributed by atoms with E-state index in [1.54, 1.807) is 0 Å². The van der Waals surface area contributed by atoms with E-state index in [4.69, 9.17) is 0 Å². The lowest BCUT2D eigenvalue weighted by Gasteiger charge is -1.99. The van der Waals surface area contributed by atoms with Crippen molar-refractivity contribution in [3.8, 4) is 0 Å². The maximum Gasteiger partial charge on any atom is 0.315 e. The Labute approximate surface area is 90.5 Å². The lowest BCUT2D eigenvalue weighted by Crippen LogP contribution is -2.03. The zero-order chi connectivity index (χ0) is 10.6. The first-order chi connectivity index (χ1) is 6.65. The van der Waals surface area contributed by atoms with Crippen LogP contribution < -0.4 is 0 Å². The third-order valence-corrected chi connectivity index (χ3v) is 3.70. The maximum absolute atomic E-state index is 11.1. The number of carbonyl (C=O) groups excluding carboxylic acids is 2. The predicted octanol–water partition coefficient (Wildman–Crippen LogP) is 2.22. The number of rotatable bonds is 4. The molecule has 14 heavy (non-hydrogen) atoms. The number of methoxy groups -OCH3 is 1. The van der Waals surface area contributed by atoms with Gasteiger partial charge in [0.05, 0.1) is 17.7 Å². The molecule has 0 radical (unpaired) electrons. The van der Waals surface area contributed by atoms with Gasteiger partial charge in [0.25, 0.3) is 0 Å². The predicted molar refractivity (Wildman–Crippen MR) is 57.1 cm³/mol. The first-order valence-electron chi connectivity index (χ1n) is 3.93. The van der Waals surface area contributed by atoms with Gasteiger partial charge in [-0.3, -0.25) is 9.59 Å². The van der Waals surface area contributed by atoms with Crippen molar-refractivity contribution in [1.29, 1.82) is 0 Å². The van der Waals surface area contributed by atoms with E-state index in [9.17, 15) is 9.59 Å². The minimum atomic E-state index is -0.282. The van der Waals surface area contributed by atoms with Gasteiger partial charge < -0.3 is 4.74 Å². The van der Waals surface area contributed by atoms with Gasteiger partial charge in [-0.1, -0.05) is 0 Å². The van der Waals surface area contributed by atoms with Gasteiger partial charge in [0.2, 0.25) is 0 Å². The largest absolute Gasteiger partial charge is 0.468 e. The van der Waals surface area contributed by atoms with Crippen molar-refractivity contribution < 1.29 is 14.3 Å². The van der Waals surface area contributed by atoms with Crippen LogP contribution in [0.4, 0.5) is 0 Å². The highest BCUT2D eigenvalue weighted by molar-refractivity contribution is 8.00. The van der Waals surface area contributed by atoms with Gasteiger partial charge in [0, 0.05) is 4.90 Å². The van der Waals surface area contributed by atoms with E-state index in [0.29, 0.717) is 4.88 Å². The third kappa shape index (κ3) is 2.85. The monoisotopic (exact) mass is 230 g/mol. The highest BCUT2D eigenvalue weighted by Gasteiger charge is 2.10. The lowest BCUT2D eigenvalue weighted by atomic mass is 10.3. The molecule has 0 aromatic carbocycles. The molecular weight excluding hydrogens is 220 g/mol. The standard InChI is InChI=1S/C9H10O3S2/c1-6(10)9-7(3-4-13-9)14-5-8(11)12-2/h3-4H,5H2,1-2H3. The summed E-state index contributed by atoms with van der Waals surface area (Å²) >= 11 is 2.72. The fourth-order valence-electron chi connectivity index (χ4n) is 0.863. The van der Waals surface area contributed by atoms with Gasteiger partial charge in [0.15, 0.2) is 5.78 Å².